The number of rotatable bonds is 7. The van der Waals surface area contributed by atoms with E-state index in [9.17, 15) is 4.79 Å². The number of methoxy groups -OCH3 is 1. The Hall–Kier alpha value is -1.51. The number of nitrogens with two attached hydrogens (primary N) is 1. The van der Waals surface area contributed by atoms with Gasteiger partial charge < -0.3 is 20.5 Å². The predicted octanol–water partition coefficient (Wildman–Crippen LogP) is 2.38. The van der Waals surface area contributed by atoms with Crippen LogP contribution in [0.4, 0.5) is 5.69 Å². The van der Waals surface area contributed by atoms with E-state index in [1.165, 1.54) is 0 Å². The third-order valence-corrected chi connectivity index (χ3v) is 2.50. The number of hydrogen-bond acceptors (Lipinski definition) is 4. The minimum absolute atomic E-state index is 0. The fourth-order valence-electron chi connectivity index (χ4n) is 1.58. The highest BCUT2D eigenvalue weighted by Crippen LogP contribution is 2.22. The first-order valence-electron chi connectivity index (χ1n) is 6.53. The van der Waals surface area contributed by atoms with E-state index in [0.29, 0.717) is 37.7 Å². The van der Waals surface area contributed by atoms with Gasteiger partial charge in [0.2, 0.25) is 0 Å². The molecule has 0 fully saturated rings. The minimum Gasteiger partial charge on any atom is -0.495 e. The number of nitrogens with zero attached hydrogens (tertiary/aromatic N) is 1. The number of benzene rings is 1. The molecule has 118 valence electrons. The number of esters is 1. The second kappa shape index (κ2) is 11.2. The first-order valence-corrected chi connectivity index (χ1v) is 6.53. The first kappa shape index (κ1) is 19.5. The summed E-state index contributed by atoms with van der Waals surface area (Å²) in [6.45, 7) is 2.65. The fraction of sp³-hybridized carbons (Fsp3) is 0.429. The van der Waals surface area contributed by atoms with Crippen molar-refractivity contribution in [3.8, 4) is 5.75 Å². The lowest BCUT2D eigenvalue weighted by atomic mass is 10.3. The number of guanidine groups is 1. The number of ether oxygens (including phenoxy) is 2. The van der Waals surface area contributed by atoms with Crippen LogP contribution < -0.4 is 15.8 Å². The lowest BCUT2D eigenvalue weighted by Crippen LogP contribution is -2.23. The number of aliphatic imine (C=N–C) groups is 1. The van der Waals surface area contributed by atoms with Crippen LogP contribution in [-0.2, 0) is 9.53 Å². The molecule has 0 aliphatic carbocycles. The number of carbonyl (C=O) groups excluding carboxylic acids is 1. The molecule has 1 rings (SSSR count). The second-order valence-corrected chi connectivity index (χ2v) is 4.00. The van der Waals surface area contributed by atoms with Crippen LogP contribution in [-0.4, -0.2) is 32.2 Å². The van der Waals surface area contributed by atoms with Crippen molar-refractivity contribution in [2.45, 2.75) is 19.8 Å². The number of nitrogens with one attached hydrogen (secondary N) is 1. The number of anilines is 1. The monoisotopic (exact) mass is 407 g/mol. The minimum atomic E-state index is -0.209. The maximum atomic E-state index is 11.1. The average Bonchev–Trinajstić information content (AvgIpc) is 2.44. The molecule has 3 N–H and O–H groups in total. The summed E-state index contributed by atoms with van der Waals surface area (Å²) in [5.74, 6) is 0.773. The summed E-state index contributed by atoms with van der Waals surface area (Å²) in [5, 5.41) is 2.96. The second-order valence-electron chi connectivity index (χ2n) is 4.00. The Bertz CT molecular complexity index is 467. The van der Waals surface area contributed by atoms with Crippen molar-refractivity contribution < 1.29 is 14.3 Å². The Morgan fingerprint density at radius 3 is 2.76 bits per heavy atom. The fourth-order valence-corrected chi connectivity index (χ4v) is 1.58. The van der Waals surface area contributed by atoms with Crippen LogP contribution in [0.3, 0.4) is 0 Å². The highest BCUT2D eigenvalue weighted by Gasteiger charge is 2.03. The van der Waals surface area contributed by atoms with Crippen LogP contribution >= 0.6 is 24.0 Å². The standard InChI is InChI=1S/C14H21N3O3.HI/c1-3-20-13(18)9-6-10-16-14(15)17-11-7-4-5-8-12(11)19-2;/h4-5,7-8H,3,6,9-10H2,1-2H3,(H3,15,16,17);1H. The van der Waals surface area contributed by atoms with Gasteiger partial charge in [-0.15, -0.1) is 24.0 Å². The Kier molecular flexibility index (Phi) is 10.4. The SMILES string of the molecule is CCOC(=O)CCCN=C(N)Nc1ccccc1OC.I. The third-order valence-electron chi connectivity index (χ3n) is 2.50. The van der Waals surface area contributed by atoms with E-state index in [4.69, 9.17) is 15.2 Å². The van der Waals surface area contributed by atoms with Gasteiger partial charge in [0.15, 0.2) is 5.96 Å². The van der Waals surface area contributed by atoms with E-state index in [0.717, 1.165) is 5.69 Å². The smallest absolute Gasteiger partial charge is 0.305 e. The van der Waals surface area contributed by atoms with E-state index >= 15 is 0 Å². The van der Waals surface area contributed by atoms with Gasteiger partial charge in [-0.25, -0.2) is 0 Å². The normalized spacial score (nSPS) is 10.5. The van der Waals surface area contributed by atoms with Crippen LogP contribution in [0.2, 0.25) is 0 Å². The molecule has 0 heterocycles. The molecule has 1 aromatic rings. The summed E-state index contributed by atoms with van der Waals surface area (Å²) >= 11 is 0. The lowest BCUT2D eigenvalue weighted by molar-refractivity contribution is -0.143. The highest BCUT2D eigenvalue weighted by molar-refractivity contribution is 14.0. The van der Waals surface area contributed by atoms with Crippen LogP contribution in [0.25, 0.3) is 0 Å². The van der Waals surface area contributed by atoms with Gasteiger partial charge in [-0.1, -0.05) is 12.1 Å². The lowest BCUT2D eigenvalue weighted by Gasteiger charge is -2.09. The maximum Gasteiger partial charge on any atom is 0.305 e. The Labute approximate surface area is 142 Å². The van der Waals surface area contributed by atoms with Gasteiger partial charge in [0.05, 0.1) is 19.4 Å². The van der Waals surface area contributed by atoms with E-state index in [1.807, 2.05) is 24.3 Å². The van der Waals surface area contributed by atoms with Crippen molar-refractivity contribution in [1.82, 2.24) is 0 Å². The molecule has 6 nitrogen and oxygen atoms in total. The molecule has 0 spiro atoms. The van der Waals surface area contributed by atoms with Crippen molar-refractivity contribution in [3.05, 3.63) is 24.3 Å². The van der Waals surface area contributed by atoms with E-state index in [-0.39, 0.29) is 29.9 Å². The van der Waals surface area contributed by atoms with Crippen LogP contribution in [0.5, 0.6) is 5.75 Å². The molecule has 7 heteroatoms. The van der Waals surface area contributed by atoms with Gasteiger partial charge in [-0.3, -0.25) is 9.79 Å². The molecular weight excluding hydrogens is 385 g/mol. The molecule has 0 radical (unpaired) electrons. The highest BCUT2D eigenvalue weighted by atomic mass is 127. The number of para-hydroxylation sites is 2. The average molecular weight is 407 g/mol. The van der Waals surface area contributed by atoms with Crippen molar-refractivity contribution in [1.29, 1.82) is 0 Å². The third kappa shape index (κ3) is 7.74. The van der Waals surface area contributed by atoms with Crippen molar-refractivity contribution in [2.24, 2.45) is 10.7 Å². The van der Waals surface area contributed by atoms with Gasteiger partial charge in [0, 0.05) is 13.0 Å². The van der Waals surface area contributed by atoms with Gasteiger partial charge in [0.25, 0.3) is 0 Å². The zero-order valence-electron chi connectivity index (χ0n) is 12.3. The van der Waals surface area contributed by atoms with E-state index < -0.39 is 0 Å². The molecule has 0 atom stereocenters. The molecule has 0 saturated heterocycles. The molecule has 0 amide bonds. The summed E-state index contributed by atoms with van der Waals surface area (Å²) in [6.07, 6.45) is 0.951. The molecule has 1 aromatic carbocycles. The molecule has 0 bridgehead atoms. The van der Waals surface area contributed by atoms with Crippen LogP contribution in [0, 0.1) is 0 Å². The summed E-state index contributed by atoms with van der Waals surface area (Å²) in [5.41, 5.74) is 6.52. The van der Waals surface area contributed by atoms with Crippen molar-refractivity contribution in [3.63, 3.8) is 0 Å². The number of carbonyl (C=O) groups is 1. The quantitative estimate of drug-likeness (QED) is 0.238. The Balaban J connectivity index is 0.00000400. The molecular formula is C14H22IN3O3. The van der Waals surface area contributed by atoms with E-state index in [2.05, 4.69) is 10.3 Å². The Morgan fingerprint density at radius 2 is 2.10 bits per heavy atom. The topological polar surface area (TPSA) is 85.9 Å². The molecule has 0 aliphatic rings. The Morgan fingerprint density at radius 1 is 1.38 bits per heavy atom. The summed E-state index contributed by atoms with van der Waals surface area (Å²) in [7, 11) is 1.59. The zero-order valence-corrected chi connectivity index (χ0v) is 14.6. The summed E-state index contributed by atoms with van der Waals surface area (Å²) < 4.78 is 10.0. The van der Waals surface area contributed by atoms with Gasteiger partial charge in [0.1, 0.15) is 5.75 Å². The van der Waals surface area contributed by atoms with E-state index in [1.54, 1.807) is 14.0 Å². The predicted molar refractivity (Wildman–Crippen MR) is 94.4 cm³/mol. The number of halogens is 1. The van der Waals surface area contributed by atoms with Crippen LogP contribution in [0.1, 0.15) is 19.8 Å². The van der Waals surface area contributed by atoms with Crippen molar-refractivity contribution in [2.75, 3.05) is 25.6 Å². The maximum absolute atomic E-state index is 11.1. The largest absolute Gasteiger partial charge is 0.495 e. The molecule has 0 saturated carbocycles. The molecule has 0 aliphatic heterocycles. The van der Waals surface area contributed by atoms with Crippen LogP contribution in [0.15, 0.2) is 29.3 Å². The number of hydrogen-bond donors (Lipinski definition) is 2. The van der Waals surface area contributed by atoms with Gasteiger partial charge in [-0.05, 0) is 25.5 Å². The molecule has 21 heavy (non-hydrogen) atoms. The van der Waals surface area contributed by atoms with Gasteiger partial charge >= 0.3 is 5.97 Å². The van der Waals surface area contributed by atoms with Crippen molar-refractivity contribution >= 4 is 41.6 Å². The molecule has 0 unspecified atom stereocenters. The summed E-state index contributed by atoms with van der Waals surface area (Å²) in [4.78, 5) is 15.3. The first-order chi connectivity index (χ1) is 9.67. The van der Waals surface area contributed by atoms with Gasteiger partial charge in [-0.2, -0.15) is 0 Å². The summed E-state index contributed by atoms with van der Waals surface area (Å²) in [6, 6.07) is 7.42. The molecule has 0 aromatic heterocycles. The zero-order chi connectivity index (χ0) is 14.8.